The number of imidazole rings is 1. The van der Waals surface area contributed by atoms with Gasteiger partial charge in [-0.2, -0.15) is 0 Å². The van der Waals surface area contributed by atoms with E-state index in [0.717, 1.165) is 36.1 Å². The Hall–Kier alpha value is -2.62. The molecule has 4 saturated carbocycles. The zero-order valence-corrected chi connectivity index (χ0v) is 17.5. The second-order valence-corrected chi connectivity index (χ2v) is 10.2. The molecule has 2 atom stereocenters. The van der Waals surface area contributed by atoms with Crippen LogP contribution < -0.4 is 0 Å². The molecule has 4 nitrogen and oxygen atoms in total. The van der Waals surface area contributed by atoms with Gasteiger partial charge in [0.25, 0.3) is 0 Å². The summed E-state index contributed by atoms with van der Waals surface area (Å²) in [6.45, 7) is 2.36. The van der Waals surface area contributed by atoms with Gasteiger partial charge in [-0.15, -0.1) is 0 Å². The molecule has 4 heteroatoms. The Bertz CT molecular complexity index is 1070. The lowest BCUT2D eigenvalue weighted by Crippen LogP contribution is -2.57. The van der Waals surface area contributed by atoms with Crippen molar-refractivity contribution in [3.8, 4) is 0 Å². The lowest BCUT2D eigenvalue weighted by atomic mass is 9.43. The summed E-state index contributed by atoms with van der Waals surface area (Å²) >= 11 is 0. The molecule has 4 aliphatic rings. The number of para-hydroxylation sites is 2. The van der Waals surface area contributed by atoms with Crippen molar-refractivity contribution in [1.29, 1.82) is 0 Å². The molecule has 1 aromatic heterocycles. The third kappa shape index (κ3) is 2.80. The number of aryl methyl sites for hydroxylation is 1. The number of fused-ring (bicyclic) bond motifs is 1. The van der Waals surface area contributed by atoms with Gasteiger partial charge < -0.3 is 9.72 Å². The number of hydrogen-bond acceptors (Lipinski definition) is 3. The molecule has 4 aliphatic carbocycles. The average Bonchev–Trinajstić information content (AvgIpc) is 3.14. The van der Waals surface area contributed by atoms with Crippen LogP contribution in [0.15, 0.2) is 48.5 Å². The summed E-state index contributed by atoms with van der Waals surface area (Å²) in [6, 6.07) is 17.0. The number of aromatic amines is 1. The monoisotopic (exact) mass is 400 g/mol. The number of rotatable bonds is 4. The molecule has 2 aromatic carbocycles. The van der Waals surface area contributed by atoms with E-state index in [2.05, 4.69) is 41.2 Å². The first kappa shape index (κ1) is 18.2. The second-order valence-electron chi connectivity index (χ2n) is 10.2. The minimum absolute atomic E-state index is 0.00598. The standard InChI is InChI=1S/C26H28N2O2/c1-17-6-8-20(9-7-17)25-11-18-10-19(12-25)14-26(13-18,16-25)24(29)30-15-23-27-21-4-2-3-5-22(21)28-23/h2-9,18-19H,10-16H2,1H3,(H,27,28). The first-order chi connectivity index (χ1) is 14.5. The van der Waals surface area contributed by atoms with Crippen molar-refractivity contribution < 1.29 is 9.53 Å². The first-order valence-electron chi connectivity index (χ1n) is 11.2. The van der Waals surface area contributed by atoms with Crippen LogP contribution in [0.4, 0.5) is 0 Å². The van der Waals surface area contributed by atoms with Crippen LogP contribution in [0.3, 0.4) is 0 Å². The highest BCUT2D eigenvalue weighted by molar-refractivity contribution is 5.78. The largest absolute Gasteiger partial charge is 0.457 e. The molecule has 4 bridgehead atoms. The molecular weight excluding hydrogens is 372 g/mol. The van der Waals surface area contributed by atoms with Gasteiger partial charge in [0.05, 0.1) is 16.4 Å². The number of carbonyl (C=O) groups is 1. The fourth-order valence-corrected chi connectivity index (χ4v) is 7.11. The Morgan fingerprint density at radius 2 is 1.80 bits per heavy atom. The SMILES string of the molecule is Cc1ccc(C23CC4CC(CC(C(=O)OCc5nc6ccccc6[nH]5)(C4)C2)C3)cc1. The summed E-state index contributed by atoms with van der Waals surface area (Å²) in [6.07, 6.45) is 6.67. The zero-order chi connectivity index (χ0) is 20.3. The van der Waals surface area contributed by atoms with E-state index < -0.39 is 0 Å². The van der Waals surface area contributed by atoms with Crippen LogP contribution in [-0.2, 0) is 21.6 Å². The van der Waals surface area contributed by atoms with Crippen LogP contribution in [0.1, 0.15) is 55.5 Å². The van der Waals surface area contributed by atoms with Crippen LogP contribution >= 0.6 is 0 Å². The fraction of sp³-hybridized carbons (Fsp3) is 0.462. The highest BCUT2D eigenvalue weighted by Crippen LogP contribution is 2.66. The van der Waals surface area contributed by atoms with Gasteiger partial charge in [0.15, 0.2) is 0 Å². The molecule has 1 heterocycles. The lowest BCUT2D eigenvalue weighted by Gasteiger charge is -2.61. The summed E-state index contributed by atoms with van der Waals surface area (Å²) < 4.78 is 5.91. The number of nitrogens with one attached hydrogen (secondary N) is 1. The molecule has 7 rings (SSSR count). The van der Waals surface area contributed by atoms with Crippen molar-refractivity contribution in [1.82, 2.24) is 9.97 Å². The van der Waals surface area contributed by atoms with E-state index in [1.807, 2.05) is 24.3 Å². The molecule has 0 saturated heterocycles. The van der Waals surface area contributed by atoms with E-state index in [-0.39, 0.29) is 23.4 Å². The Morgan fingerprint density at radius 3 is 2.53 bits per heavy atom. The van der Waals surface area contributed by atoms with Crippen molar-refractivity contribution in [2.45, 2.75) is 57.5 Å². The quantitative estimate of drug-likeness (QED) is 0.592. The topological polar surface area (TPSA) is 55.0 Å². The van der Waals surface area contributed by atoms with E-state index in [0.29, 0.717) is 11.8 Å². The maximum Gasteiger partial charge on any atom is 0.312 e. The van der Waals surface area contributed by atoms with Crippen molar-refractivity contribution in [3.63, 3.8) is 0 Å². The number of aromatic nitrogens is 2. The highest BCUT2D eigenvalue weighted by Gasteiger charge is 2.61. The number of hydrogen-bond donors (Lipinski definition) is 1. The summed E-state index contributed by atoms with van der Waals surface area (Å²) in [4.78, 5) is 21.3. The minimum Gasteiger partial charge on any atom is -0.457 e. The van der Waals surface area contributed by atoms with Gasteiger partial charge >= 0.3 is 5.97 Å². The Kier molecular flexibility index (Phi) is 3.90. The van der Waals surface area contributed by atoms with Gasteiger partial charge in [-0.25, -0.2) is 4.98 Å². The van der Waals surface area contributed by atoms with Gasteiger partial charge in [-0.3, -0.25) is 4.79 Å². The lowest BCUT2D eigenvalue weighted by molar-refractivity contribution is -0.175. The van der Waals surface area contributed by atoms with Crippen molar-refractivity contribution in [2.75, 3.05) is 0 Å². The number of ether oxygens (including phenoxy) is 1. The van der Waals surface area contributed by atoms with E-state index in [9.17, 15) is 4.79 Å². The molecule has 4 fully saturated rings. The third-order valence-corrected chi connectivity index (χ3v) is 7.94. The Labute approximate surface area is 177 Å². The number of nitrogens with zero attached hydrogens (tertiary/aromatic N) is 1. The molecule has 0 radical (unpaired) electrons. The Morgan fingerprint density at radius 1 is 1.07 bits per heavy atom. The number of carbonyl (C=O) groups excluding carboxylic acids is 1. The van der Waals surface area contributed by atoms with Gasteiger partial charge in [0.1, 0.15) is 12.4 Å². The maximum atomic E-state index is 13.4. The highest BCUT2D eigenvalue weighted by atomic mass is 16.5. The molecule has 0 spiro atoms. The van der Waals surface area contributed by atoms with Crippen LogP contribution in [0.2, 0.25) is 0 Å². The summed E-state index contributed by atoms with van der Waals surface area (Å²) in [7, 11) is 0. The molecule has 30 heavy (non-hydrogen) atoms. The smallest absolute Gasteiger partial charge is 0.312 e. The van der Waals surface area contributed by atoms with E-state index in [1.54, 1.807) is 0 Å². The first-order valence-corrected chi connectivity index (χ1v) is 11.2. The summed E-state index contributed by atoms with van der Waals surface area (Å²) in [5, 5.41) is 0. The van der Waals surface area contributed by atoms with Crippen molar-refractivity contribution >= 4 is 17.0 Å². The molecule has 3 aromatic rings. The third-order valence-electron chi connectivity index (χ3n) is 7.94. The molecule has 0 amide bonds. The Balaban J connectivity index is 1.25. The minimum atomic E-state index is -0.318. The van der Waals surface area contributed by atoms with E-state index in [1.165, 1.54) is 30.4 Å². The normalized spacial score (nSPS) is 31.9. The average molecular weight is 401 g/mol. The predicted molar refractivity (Wildman–Crippen MR) is 116 cm³/mol. The van der Waals surface area contributed by atoms with Crippen LogP contribution in [0, 0.1) is 24.2 Å². The summed E-state index contributed by atoms with van der Waals surface area (Å²) in [5.41, 5.74) is 4.45. The zero-order valence-electron chi connectivity index (χ0n) is 17.5. The van der Waals surface area contributed by atoms with Crippen LogP contribution in [0.25, 0.3) is 11.0 Å². The fourth-order valence-electron chi connectivity index (χ4n) is 7.11. The van der Waals surface area contributed by atoms with Crippen molar-refractivity contribution in [2.24, 2.45) is 17.3 Å². The molecule has 0 aliphatic heterocycles. The number of benzene rings is 2. The molecule has 154 valence electrons. The van der Waals surface area contributed by atoms with Crippen LogP contribution in [0.5, 0.6) is 0 Å². The molecular formula is C26H28N2O2. The second kappa shape index (κ2) is 6.44. The number of H-pyrrole nitrogens is 1. The van der Waals surface area contributed by atoms with Gasteiger partial charge in [0, 0.05) is 0 Å². The summed E-state index contributed by atoms with van der Waals surface area (Å²) in [5.74, 6) is 2.01. The number of esters is 1. The molecule has 1 N–H and O–H groups in total. The van der Waals surface area contributed by atoms with Gasteiger partial charge in [-0.1, -0.05) is 42.0 Å². The van der Waals surface area contributed by atoms with Crippen LogP contribution in [-0.4, -0.2) is 15.9 Å². The van der Waals surface area contributed by atoms with Crippen molar-refractivity contribution in [3.05, 3.63) is 65.5 Å². The molecule has 2 unspecified atom stereocenters. The maximum absolute atomic E-state index is 13.4. The van der Waals surface area contributed by atoms with E-state index in [4.69, 9.17) is 4.74 Å². The van der Waals surface area contributed by atoms with E-state index >= 15 is 0 Å². The predicted octanol–water partition coefficient (Wildman–Crippen LogP) is 5.45. The van der Waals surface area contributed by atoms with Gasteiger partial charge in [0.2, 0.25) is 0 Å². The van der Waals surface area contributed by atoms with Gasteiger partial charge in [-0.05, 0) is 80.4 Å².